The first kappa shape index (κ1) is 27.8. The summed E-state index contributed by atoms with van der Waals surface area (Å²) in [5.74, 6) is 0.630. The van der Waals surface area contributed by atoms with Crippen LogP contribution in [-0.2, 0) is 14.4 Å². The van der Waals surface area contributed by atoms with Gasteiger partial charge < -0.3 is 40.9 Å². The van der Waals surface area contributed by atoms with Crippen molar-refractivity contribution in [3.63, 3.8) is 0 Å². The first-order valence-electron chi connectivity index (χ1n) is 10.6. The van der Waals surface area contributed by atoms with Gasteiger partial charge in [-0.2, -0.15) is 9.97 Å². The van der Waals surface area contributed by atoms with Crippen LogP contribution in [0.5, 0.6) is 0 Å². The van der Waals surface area contributed by atoms with E-state index in [1.54, 1.807) is 0 Å². The second kappa shape index (κ2) is 13.4. The lowest BCUT2D eigenvalue weighted by atomic mass is 9.74. The molecule has 0 aromatic carbocycles. The fourth-order valence-corrected chi connectivity index (χ4v) is 4.08. The Hall–Kier alpha value is -3.19. The fourth-order valence-electron chi connectivity index (χ4n) is 4.08. The summed E-state index contributed by atoms with van der Waals surface area (Å²) >= 11 is 0. The van der Waals surface area contributed by atoms with Crippen LogP contribution in [0.15, 0.2) is 6.07 Å². The highest BCUT2D eigenvalue weighted by molar-refractivity contribution is 5.77. The van der Waals surface area contributed by atoms with Crippen LogP contribution in [0.1, 0.15) is 26.2 Å². The summed E-state index contributed by atoms with van der Waals surface area (Å²) in [5.41, 5.74) is 4.78. The molecule has 2 saturated heterocycles. The maximum Gasteiger partial charge on any atom is 0.314 e. The fraction of sp³-hybridized carbons (Fsp3) is 0.650. The van der Waals surface area contributed by atoms with Crippen molar-refractivity contribution in [2.75, 3.05) is 61.8 Å². The number of piperazine rings is 1. The number of aliphatic hydroxyl groups is 1. The number of nitrogens with two attached hydrogens (primary N) is 1. The number of likely N-dealkylation sites (N-methyl/N-ethyl adjacent to an activating group) is 1. The van der Waals surface area contributed by atoms with Gasteiger partial charge in [-0.1, -0.05) is 13.3 Å². The maximum atomic E-state index is 12.0. The Balaban J connectivity index is 0.000000819. The molecule has 186 valence electrons. The molecule has 3 rings (SSSR count). The number of rotatable bonds is 5. The minimum Gasteiger partial charge on any atom is -0.483 e. The molecule has 13 nitrogen and oxygen atoms in total. The molecule has 0 spiro atoms. The molecule has 1 aromatic heterocycles. The number of carboxylic acids is 1. The van der Waals surface area contributed by atoms with Gasteiger partial charge in [-0.3, -0.25) is 14.4 Å². The molecule has 0 amide bonds. The van der Waals surface area contributed by atoms with E-state index in [2.05, 4.69) is 26.8 Å². The number of nitrogens with zero attached hydrogens (tertiary/aromatic N) is 5. The van der Waals surface area contributed by atoms with E-state index in [1.165, 1.54) is 0 Å². The highest BCUT2D eigenvalue weighted by Gasteiger charge is 2.48. The van der Waals surface area contributed by atoms with Crippen molar-refractivity contribution in [1.82, 2.24) is 14.9 Å². The quantitative estimate of drug-likeness (QED) is 0.351. The molecule has 0 bridgehead atoms. The van der Waals surface area contributed by atoms with Gasteiger partial charge in [0.15, 0.2) is 0 Å². The predicted octanol–water partition coefficient (Wildman–Crippen LogP) is -0.346. The first-order valence-corrected chi connectivity index (χ1v) is 10.6. The average molecular weight is 471 g/mol. The molecule has 6 N–H and O–H groups in total. The van der Waals surface area contributed by atoms with Gasteiger partial charge in [0.25, 0.3) is 12.9 Å². The summed E-state index contributed by atoms with van der Waals surface area (Å²) in [4.78, 5) is 43.8. The summed E-state index contributed by atoms with van der Waals surface area (Å²) < 4.78 is 0. The Morgan fingerprint density at radius 3 is 2.12 bits per heavy atom. The minimum atomic E-state index is -1.18. The highest BCUT2D eigenvalue weighted by Crippen LogP contribution is 2.37. The molecular weight excluding hydrogens is 436 g/mol. The number of piperidine rings is 1. The second-order valence-corrected chi connectivity index (χ2v) is 7.88. The molecular formula is C20H34N6O7. The van der Waals surface area contributed by atoms with E-state index in [-0.39, 0.29) is 25.4 Å². The number of aliphatic hydroxyl groups excluding tert-OH is 1. The van der Waals surface area contributed by atoms with Gasteiger partial charge in [-0.25, -0.2) is 0 Å². The average Bonchev–Trinajstić information content (AvgIpc) is 2.76. The van der Waals surface area contributed by atoms with Crippen LogP contribution in [0, 0.1) is 5.41 Å². The molecule has 13 heteroatoms. The lowest BCUT2D eigenvalue weighted by Crippen LogP contribution is -2.56. The van der Waals surface area contributed by atoms with E-state index in [1.807, 2.05) is 17.9 Å². The Kier molecular flexibility index (Phi) is 11.3. The van der Waals surface area contributed by atoms with Crippen LogP contribution in [0.25, 0.3) is 0 Å². The number of aromatic nitrogens is 2. The van der Waals surface area contributed by atoms with E-state index in [0.717, 1.165) is 32.0 Å². The Morgan fingerprint density at radius 1 is 1.12 bits per heavy atom. The van der Waals surface area contributed by atoms with Crippen molar-refractivity contribution >= 4 is 36.5 Å². The minimum absolute atomic E-state index is 0.184. The normalized spacial score (nSPS) is 22.8. The Bertz CT molecular complexity index is 769. The largest absolute Gasteiger partial charge is 0.483 e. The summed E-state index contributed by atoms with van der Waals surface area (Å²) in [5, 5.41) is 34.1. The lowest BCUT2D eigenvalue weighted by molar-refractivity contribution is -0.158. The number of nitrogen functional groups attached to an aromatic ring is 1. The molecule has 0 aliphatic carbocycles. The van der Waals surface area contributed by atoms with Crippen LogP contribution in [0.4, 0.5) is 17.6 Å². The topological polar surface area (TPSA) is 194 Å². The highest BCUT2D eigenvalue weighted by atomic mass is 16.4. The van der Waals surface area contributed by atoms with Gasteiger partial charge in [0.2, 0.25) is 5.95 Å². The van der Waals surface area contributed by atoms with Gasteiger partial charge in [0, 0.05) is 45.3 Å². The van der Waals surface area contributed by atoms with Crippen molar-refractivity contribution in [2.45, 2.75) is 32.3 Å². The standard InChI is InChI=1S/C18H30N6O3.2CH2O2/c1-3-5-18(16(26)27)12-24(6-4-13(18)25)15-11-14(20-17(19)21-15)23-9-7-22(2)8-10-23;2*2-1-3/h11,13,25H,3-10,12H2,1-2H3,(H,26,27)(H2,19,20,21);2*1H,(H,2,3)/t13-,18-;;/m1../s1. The van der Waals surface area contributed by atoms with Gasteiger partial charge in [0.05, 0.1) is 6.10 Å². The van der Waals surface area contributed by atoms with E-state index in [0.29, 0.717) is 31.6 Å². The molecule has 3 heterocycles. The number of aliphatic carboxylic acids is 1. The number of carboxylic acid groups (broad SMARTS) is 3. The summed E-state index contributed by atoms with van der Waals surface area (Å²) in [6.07, 6.45) is 0.643. The van der Waals surface area contributed by atoms with Crippen LogP contribution in [0.2, 0.25) is 0 Å². The second-order valence-electron chi connectivity index (χ2n) is 7.88. The zero-order valence-electron chi connectivity index (χ0n) is 19.0. The van der Waals surface area contributed by atoms with Gasteiger partial charge in [-0.05, 0) is 19.9 Å². The van der Waals surface area contributed by atoms with Crippen molar-refractivity contribution < 1.29 is 34.8 Å². The van der Waals surface area contributed by atoms with Crippen LogP contribution in [0.3, 0.4) is 0 Å². The van der Waals surface area contributed by atoms with E-state index < -0.39 is 17.5 Å². The van der Waals surface area contributed by atoms with Gasteiger partial charge in [0.1, 0.15) is 17.1 Å². The SMILES string of the molecule is CCC[C@@]1(C(=O)O)CN(c2cc(N3CCN(C)CC3)nc(N)n2)CC[C@H]1O.O=CO.O=CO. The maximum absolute atomic E-state index is 12.0. The summed E-state index contributed by atoms with van der Waals surface area (Å²) in [6, 6.07) is 1.89. The zero-order chi connectivity index (χ0) is 25.0. The molecule has 1 aromatic rings. The number of hydrogen-bond donors (Lipinski definition) is 5. The smallest absolute Gasteiger partial charge is 0.314 e. The molecule has 0 unspecified atom stereocenters. The summed E-state index contributed by atoms with van der Waals surface area (Å²) in [6.45, 7) is 5.82. The van der Waals surface area contributed by atoms with Crippen molar-refractivity contribution in [1.29, 1.82) is 0 Å². The summed E-state index contributed by atoms with van der Waals surface area (Å²) in [7, 11) is 2.09. The third-order valence-electron chi connectivity index (χ3n) is 5.77. The first-order chi connectivity index (χ1) is 15.7. The molecule has 0 saturated carbocycles. The third-order valence-corrected chi connectivity index (χ3v) is 5.77. The predicted molar refractivity (Wildman–Crippen MR) is 121 cm³/mol. The Labute approximate surface area is 192 Å². The Morgan fingerprint density at radius 2 is 1.64 bits per heavy atom. The molecule has 2 aliphatic heterocycles. The molecule has 33 heavy (non-hydrogen) atoms. The zero-order valence-corrected chi connectivity index (χ0v) is 19.0. The van der Waals surface area contributed by atoms with E-state index in [4.69, 9.17) is 25.5 Å². The monoisotopic (exact) mass is 470 g/mol. The number of hydrogen-bond acceptors (Lipinski definition) is 10. The van der Waals surface area contributed by atoms with Crippen molar-refractivity contribution in [2.24, 2.45) is 5.41 Å². The van der Waals surface area contributed by atoms with Crippen LogP contribution in [-0.4, -0.2) is 107 Å². The van der Waals surface area contributed by atoms with Crippen molar-refractivity contribution in [3.05, 3.63) is 6.07 Å². The van der Waals surface area contributed by atoms with Gasteiger partial charge >= 0.3 is 5.97 Å². The molecule has 0 radical (unpaired) electrons. The van der Waals surface area contributed by atoms with Crippen molar-refractivity contribution in [3.8, 4) is 0 Å². The van der Waals surface area contributed by atoms with E-state index >= 15 is 0 Å². The van der Waals surface area contributed by atoms with E-state index in [9.17, 15) is 15.0 Å². The van der Waals surface area contributed by atoms with Crippen LogP contribution < -0.4 is 15.5 Å². The molecule has 2 aliphatic rings. The third kappa shape index (κ3) is 7.43. The molecule has 2 atom stereocenters. The number of anilines is 3. The van der Waals surface area contributed by atoms with Gasteiger partial charge in [-0.15, -0.1) is 0 Å². The van der Waals surface area contributed by atoms with Crippen LogP contribution >= 0.6 is 0 Å². The molecule has 2 fully saturated rings. The lowest BCUT2D eigenvalue weighted by Gasteiger charge is -2.44. The number of carbonyl (C=O) groups is 3.